The van der Waals surface area contributed by atoms with Crippen LogP contribution < -0.4 is 14.9 Å². The summed E-state index contributed by atoms with van der Waals surface area (Å²) in [7, 11) is 0. The maximum atomic E-state index is 13.5. The molecule has 3 aromatic rings. The van der Waals surface area contributed by atoms with Gasteiger partial charge in [0.1, 0.15) is 12.4 Å². The van der Waals surface area contributed by atoms with E-state index in [-0.39, 0.29) is 12.4 Å². The van der Waals surface area contributed by atoms with E-state index in [1.54, 1.807) is 12.1 Å². The van der Waals surface area contributed by atoms with Gasteiger partial charge in [-0.25, -0.2) is 9.82 Å². The predicted octanol–water partition coefficient (Wildman–Crippen LogP) is 3.93. The summed E-state index contributed by atoms with van der Waals surface area (Å²) in [5, 5.41) is 3.91. The number of nitrogens with zero attached hydrogens (tertiary/aromatic N) is 1. The Bertz CT molecular complexity index is 945. The number of rotatable bonds is 8. The molecule has 1 amide bonds. The van der Waals surface area contributed by atoms with Gasteiger partial charge in [0.2, 0.25) is 0 Å². The van der Waals surface area contributed by atoms with Gasteiger partial charge < -0.3 is 9.47 Å². The normalized spacial score (nSPS) is 10.6. The van der Waals surface area contributed by atoms with Crippen LogP contribution in [0.3, 0.4) is 0 Å². The second-order valence-electron chi connectivity index (χ2n) is 5.82. The molecule has 142 valence electrons. The summed E-state index contributed by atoms with van der Waals surface area (Å²) in [4.78, 5) is 11.8. The fourth-order valence-electron chi connectivity index (χ4n) is 2.37. The molecule has 0 aliphatic heterocycles. The van der Waals surface area contributed by atoms with Crippen molar-refractivity contribution in [1.29, 1.82) is 0 Å². The van der Waals surface area contributed by atoms with Crippen molar-refractivity contribution in [1.82, 2.24) is 5.43 Å². The zero-order chi connectivity index (χ0) is 19.6. The predicted molar refractivity (Wildman–Crippen MR) is 105 cm³/mol. The van der Waals surface area contributed by atoms with Gasteiger partial charge in [0.25, 0.3) is 5.91 Å². The first-order valence-corrected chi connectivity index (χ1v) is 8.67. The van der Waals surface area contributed by atoms with Gasteiger partial charge in [-0.15, -0.1) is 0 Å². The van der Waals surface area contributed by atoms with E-state index in [0.29, 0.717) is 17.9 Å². The summed E-state index contributed by atoms with van der Waals surface area (Å²) in [5.41, 5.74) is 4.11. The summed E-state index contributed by atoms with van der Waals surface area (Å²) in [6, 6.07) is 23.0. The molecule has 0 aliphatic rings. The summed E-state index contributed by atoms with van der Waals surface area (Å²) in [6.45, 7) is 0.0823. The molecule has 0 spiro atoms. The fraction of sp³-hybridized carbons (Fsp3) is 0.0909. The number of carbonyl (C=O) groups excluding carboxylic acids is 1. The Hall–Kier alpha value is -3.67. The molecule has 0 aliphatic carbocycles. The Balaban J connectivity index is 1.52. The first-order valence-electron chi connectivity index (χ1n) is 8.67. The van der Waals surface area contributed by atoms with Gasteiger partial charge in [-0.2, -0.15) is 5.10 Å². The highest BCUT2D eigenvalue weighted by Crippen LogP contribution is 2.18. The van der Waals surface area contributed by atoms with Gasteiger partial charge >= 0.3 is 0 Å². The molecule has 3 rings (SSSR count). The van der Waals surface area contributed by atoms with Crippen LogP contribution in [0.15, 0.2) is 84.0 Å². The zero-order valence-corrected chi connectivity index (χ0v) is 15.0. The average molecular weight is 378 g/mol. The zero-order valence-electron chi connectivity index (χ0n) is 15.0. The SMILES string of the molecule is O=C(COc1ccccc1F)N/N=C\c1ccccc1OCc1ccccc1. The van der Waals surface area contributed by atoms with Crippen molar-refractivity contribution < 1.29 is 18.7 Å². The Kier molecular flexibility index (Phi) is 6.73. The number of hydrogen-bond acceptors (Lipinski definition) is 4. The van der Waals surface area contributed by atoms with E-state index in [4.69, 9.17) is 9.47 Å². The van der Waals surface area contributed by atoms with Crippen LogP contribution in [0.2, 0.25) is 0 Å². The Morgan fingerprint density at radius 3 is 2.36 bits per heavy atom. The Labute approximate surface area is 162 Å². The monoisotopic (exact) mass is 378 g/mol. The highest BCUT2D eigenvalue weighted by atomic mass is 19.1. The molecule has 0 unspecified atom stereocenters. The van der Waals surface area contributed by atoms with Crippen molar-refractivity contribution in [2.45, 2.75) is 6.61 Å². The number of ether oxygens (including phenoxy) is 2. The van der Waals surface area contributed by atoms with Crippen LogP contribution in [0.5, 0.6) is 11.5 Å². The molecule has 0 fully saturated rings. The van der Waals surface area contributed by atoms with Crippen molar-refractivity contribution in [3.63, 3.8) is 0 Å². The number of carbonyl (C=O) groups is 1. The summed E-state index contributed by atoms with van der Waals surface area (Å²) in [5.74, 6) is -0.362. The van der Waals surface area contributed by atoms with Gasteiger partial charge in [0.15, 0.2) is 18.2 Å². The minimum Gasteiger partial charge on any atom is -0.488 e. The second kappa shape index (κ2) is 9.87. The van der Waals surface area contributed by atoms with E-state index >= 15 is 0 Å². The lowest BCUT2D eigenvalue weighted by atomic mass is 10.2. The molecule has 0 bridgehead atoms. The standard InChI is InChI=1S/C22H19FN2O3/c23-19-11-5-7-13-21(19)28-16-22(26)25-24-14-18-10-4-6-12-20(18)27-15-17-8-2-1-3-9-17/h1-14H,15-16H2,(H,25,26)/b24-14-. The van der Waals surface area contributed by atoms with Crippen molar-refractivity contribution in [2.75, 3.05) is 6.61 Å². The highest BCUT2D eigenvalue weighted by molar-refractivity contribution is 5.85. The van der Waals surface area contributed by atoms with Gasteiger partial charge in [-0.05, 0) is 29.8 Å². The van der Waals surface area contributed by atoms with Gasteiger partial charge in [0, 0.05) is 5.56 Å². The van der Waals surface area contributed by atoms with Crippen LogP contribution in [-0.4, -0.2) is 18.7 Å². The minimum absolute atomic E-state index is 0.0151. The quantitative estimate of drug-likeness (QED) is 0.477. The van der Waals surface area contributed by atoms with Crippen molar-refractivity contribution in [2.24, 2.45) is 5.10 Å². The molecule has 0 aromatic heterocycles. The van der Waals surface area contributed by atoms with Gasteiger partial charge in [-0.3, -0.25) is 4.79 Å². The number of para-hydroxylation sites is 2. The molecule has 0 radical (unpaired) electrons. The number of hydrazone groups is 1. The Morgan fingerprint density at radius 1 is 0.893 bits per heavy atom. The lowest BCUT2D eigenvalue weighted by Crippen LogP contribution is -2.24. The molecule has 1 N–H and O–H groups in total. The molecule has 6 heteroatoms. The molecule has 3 aromatic carbocycles. The van der Waals surface area contributed by atoms with Crippen LogP contribution in [0.1, 0.15) is 11.1 Å². The third kappa shape index (κ3) is 5.67. The van der Waals surface area contributed by atoms with Crippen molar-refractivity contribution in [3.05, 3.63) is 95.8 Å². The van der Waals surface area contributed by atoms with Crippen molar-refractivity contribution >= 4 is 12.1 Å². The van der Waals surface area contributed by atoms with Crippen molar-refractivity contribution in [3.8, 4) is 11.5 Å². The van der Waals surface area contributed by atoms with Crippen LogP contribution in [0, 0.1) is 5.82 Å². The largest absolute Gasteiger partial charge is 0.488 e. The van der Waals surface area contributed by atoms with Crippen LogP contribution >= 0.6 is 0 Å². The molecule has 5 nitrogen and oxygen atoms in total. The molecular weight excluding hydrogens is 359 g/mol. The smallest absolute Gasteiger partial charge is 0.277 e. The van der Waals surface area contributed by atoms with Gasteiger partial charge in [0.05, 0.1) is 6.21 Å². The summed E-state index contributed by atoms with van der Waals surface area (Å²) >= 11 is 0. The lowest BCUT2D eigenvalue weighted by molar-refractivity contribution is -0.123. The average Bonchev–Trinajstić information content (AvgIpc) is 2.73. The molecule has 0 heterocycles. The number of amides is 1. The number of hydrogen-bond donors (Lipinski definition) is 1. The molecule has 0 saturated heterocycles. The van der Waals surface area contributed by atoms with E-state index < -0.39 is 11.7 Å². The molecule has 0 saturated carbocycles. The lowest BCUT2D eigenvalue weighted by Gasteiger charge is -2.09. The highest BCUT2D eigenvalue weighted by Gasteiger charge is 2.06. The maximum Gasteiger partial charge on any atom is 0.277 e. The minimum atomic E-state index is -0.525. The topological polar surface area (TPSA) is 59.9 Å². The summed E-state index contributed by atoms with van der Waals surface area (Å²) < 4.78 is 24.4. The number of halogens is 1. The van der Waals surface area contributed by atoms with Crippen LogP contribution in [0.4, 0.5) is 4.39 Å². The van der Waals surface area contributed by atoms with Crippen LogP contribution in [0.25, 0.3) is 0 Å². The third-order valence-electron chi connectivity index (χ3n) is 3.74. The summed E-state index contributed by atoms with van der Waals surface area (Å²) in [6.07, 6.45) is 1.49. The van der Waals surface area contributed by atoms with E-state index in [9.17, 15) is 9.18 Å². The first-order chi connectivity index (χ1) is 13.7. The fourth-order valence-corrected chi connectivity index (χ4v) is 2.37. The molecular formula is C22H19FN2O3. The molecule has 28 heavy (non-hydrogen) atoms. The van der Waals surface area contributed by atoms with Gasteiger partial charge in [-0.1, -0.05) is 54.6 Å². The van der Waals surface area contributed by atoms with E-state index in [1.807, 2.05) is 54.6 Å². The Morgan fingerprint density at radius 2 is 1.57 bits per heavy atom. The number of nitrogens with one attached hydrogen (secondary N) is 1. The maximum absolute atomic E-state index is 13.5. The van der Waals surface area contributed by atoms with E-state index in [0.717, 1.165) is 5.56 Å². The molecule has 0 atom stereocenters. The third-order valence-corrected chi connectivity index (χ3v) is 3.74. The van der Waals surface area contributed by atoms with Crippen LogP contribution in [-0.2, 0) is 11.4 Å². The second-order valence-corrected chi connectivity index (χ2v) is 5.82. The number of benzene rings is 3. The van der Waals surface area contributed by atoms with E-state index in [2.05, 4.69) is 10.5 Å². The first kappa shape index (κ1) is 19.1. The van der Waals surface area contributed by atoms with E-state index in [1.165, 1.54) is 18.3 Å².